The first-order valence-electron chi connectivity index (χ1n) is 7.09. The zero-order chi connectivity index (χ0) is 13.5. The first-order valence-corrected chi connectivity index (χ1v) is 7.47. The molecule has 1 N–H and O–H groups in total. The van der Waals surface area contributed by atoms with E-state index in [0.717, 1.165) is 23.6 Å². The summed E-state index contributed by atoms with van der Waals surface area (Å²) >= 11 is 6.25. The summed E-state index contributed by atoms with van der Waals surface area (Å²) in [5, 5.41) is 4.53. The zero-order valence-electron chi connectivity index (χ0n) is 12.1. The smallest absolute Gasteiger partial charge is 0.0438 e. The minimum atomic E-state index is 0.419. The van der Waals surface area contributed by atoms with E-state index >= 15 is 0 Å². The molecule has 0 heterocycles. The molecular formula is C16H26ClN. The Balaban J connectivity index is 2.89. The molecule has 0 aliphatic rings. The molecule has 0 saturated heterocycles. The molecular weight excluding hydrogens is 242 g/mol. The third-order valence-corrected chi connectivity index (χ3v) is 3.89. The van der Waals surface area contributed by atoms with E-state index in [9.17, 15) is 0 Å². The van der Waals surface area contributed by atoms with E-state index in [-0.39, 0.29) is 0 Å². The highest BCUT2D eigenvalue weighted by Crippen LogP contribution is 2.28. The van der Waals surface area contributed by atoms with Crippen LogP contribution in [0.25, 0.3) is 0 Å². The number of hydrogen-bond donors (Lipinski definition) is 1. The molecule has 0 spiro atoms. The van der Waals surface area contributed by atoms with Crippen molar-refractivity contribution in [2.24, 2.45) is 5.92 Å². The molecule has 1 nitrogen and oxygen atoms in total. The normalized spacial score (nSPS) is 14.5. The van der Waals surface area contributed by atoms with Gasteiger partial charge in [-0.1, -0.05) is 50.9 Å². The van der Waals surface area contributed by atoms with E-state index < -0.39 is 0 Å². The molecule has 0 bridgehead atoms. The van der Waals surface area contributed by atoms with Crippen molar-refractivity contribution in [3.63, 3.8) is 0 Å². The first-order chi connectivity index (χ1) is 8.60. The molecule has 2 heteroatoms. The van der Waals surface area contributed by atoms with Gasteiger partial charge in [-0.05, 0) is 49.4 Å². The van der Waals surface area contributed by atoms with E-state index in [2.05, 4.69) is 51.2 Å². The second kappa shape index (κ2) is 7.81. The lowest BCUT2D eigenvalue weighted by Crippen LogP contribution is -2.27. The molecule has 0 fully saturated rings. The minimum Gasteiger partial charge on any atom is -0.310 e. The second-order valence-corrected chi connectivity index (χ2v) is 5.61. The molecule has 102 valence electrons. The molecule has 1 aromatic rings. The summed E-state index contributed by atoms with van der Waals surface area (Å²) in [4.78, 5) is 0. The van der Waals surface area contributed by atoms with Crippen molar-refractivity contribution in [1.82, 2.24) is 5.32 Å². The van der Waals surface area contributed by atoms with E-state index in [1.54, 1.807) is 0 Å². The lowest BCUT2D eigenvalue weighted by Gasteiger charge is -2.26. The summed E-state index contributed by atoms with van der Waals surface area (Å²) in [6, 6.07) is 6.87. The Hall–Kier alpha value is -0.530. The van der Waals surface area contributed by atoms with Gasteiger partial charge in [0.2, 0.25) is 0 Å². The van der Waals surface area contributed by atoms with Gasteiger partial charge in [-0.15, -0.1) is 0 Å². The number of nitrogens with one attached hydrogen (secondary N) is 1. The van der Waals surface area contributed by atoms with Crippen molar-refractivity contribution in [3.8, 4) is 0 Å². The number of benzene rings is 1. The predicted molar refractivity (Wildman–Crippen MR) is 81.3 cm³/mol. The maximum absolute atomic E-state index is 6.25. The fourth-order valence-electron chi connectivity index (χ4n) is 2.37. The van der Waals surface area contributed by atoms with Crippen LogP contribution in [0.3, 0.4) is 0 Å². The van der Waals surface area contributed by atoms with Gasteiger partial charge in [0, 0.05) is 11.1 Å². The van der Waals surface area contributed by atoms with Crippen LogP contribution in [0.15, 0.2) is 18.2 Å². The third-order valence-electron chi connectivity index (χ3n) is 3.48. The fourth-order valence-corrected chi connectivity index (χ4v) is 2.56. The number of halogens is 1. The lowest BCUT2D eigenvalue weighted by molar-refractivity contribution is 0.363. The summed E-state index contributed by atoms with van der Waals surface area (Å²) < 4.78 is 0. The second-order valence-electron chi connectivity index (χ2n) is 5.21. The molecule has 1 aromatic carbocycles. The van der Waals surface area contributed by atoms with Crippen LogP contribution in [0.4, 0.5) is 0 Å². The summed E-state index contributed by atoms with van der Waals surface area (Å²) in [6.07, 6.45) is 3.63. The quantitative estimate of drug-likeness (QED) is 0.723. The highest BCUT2D eigenvalue weighted by molar-refractivity contribution is 6.31. The van der Waals surface area contributed by atoms with Crippen molar-refractivity contribution < 1.29 is 0 Å². The van der Waals surface area contributed by atoms with Gasteiger partial charge in [-0.3, -0.25) is 0 Å². The molecule has 1 rings (SSSR count). The van der Waals surface area contributed by atoms with Crippen LogP contribution >= 0.6 is 11.6 Å². The van der Waals surface area contributed by atoms with Crippen LogP contribution in [0.1, 0.15) is 57.2 Å². The molecule has 2 atom stereocenters. The van der Waals surface area contributed by atoms with Crippen LogP contribution in [0.5, 0.6) is 0 Å². The minimum absolute atomic E-state index is 0.419. The Morgan fingerprint density at radius 1 is 1.22 bits per heavy atom. The highest BCUT2D eigenvalue weighted by Gasteiger charge is 2.18. The van der Waals surface area contributed by atoms with Gasteiger partial charge >= 0.3 is 0 Å². The van der Waals surface area contributed by atoms with Crippen LogP contribution in [-0.4, -0.2) is 6.54 Å². The average molecular weight is 268 g/mol. The molecule has 2 unspecified atom stereocenters. The van der Waals surface area contributed by atoms with Crippen LogP contribution in [0.2, 0.25) is 5.02 Å². The Bertz CT molecular complexity index is 362. The summed E-state index contributed by atoms with van der Waals surface area (Å²) in [7, 11) is 0. The van der Waals surface area contributed by atoms with Crippen LogP contribution < -0.4 is 5.32 Å². The standard InChI is InChI=1S/C16H26ClN/c1-5-7-13(4)16(18-10-6-2)14-9-8-12(3)15(17)11-14/h8-9,11,13,16,18H,5-7,10H2,1-4H3. The molecule has 0 radical (unpaired) electrons. The average Bonchev–Trinajstić information content (AvgIpc) is 2.34. The number of aryl methyl sites for hydroxylation is 1. The van der Waals surface area contributed by atoms with Crippen LogP contribution in [-0.2, 0) is 0 Å². The molecule has 0 aliphatic carbocycles. The van der Waals surface area contributed by atoms with Gasteiger partial charge in [0.1, 0.15) is 0 Å². The Morgan fingerprint density at radius 2 is 1.94 bits per heavy atom. The predicted octanol–water partition coefficient (Wildman–Crippen LogP) is 5.13. The maximum Gasteiger partial charge on any atom is 0.0438 e. The first kappa shape index (κ1) is 15.5. The van der Waals surface area contributed by atoms with Crippen molar-refractivity contribution in [2.45, 2.75) is 53.0 Å². The molecule has 18 heavy (non-hydrogen) atoms. The molecule has 0 amide bonds. The van der Waals surface area contributed by atoms with Crippen molar-refractivity contribution in [3.05, 3.63) is 34.3 Å². The Morgan fingerprint density at radius 3 is 2.50 bits per heavy atom. The van der Waals surface area contributed by atoms with E-state index in [1.807, 2.05) is 0 Å². The van der Waals surface area contributed by atoms with Crippen molar-refractivity contribution in [2.75, 3.05) is 6.54 Å². The Labute approximate surface area is 117 Å². The zero-order valence-corrected chi connectivity index (χ0v) is 12.8. The van der Waals surface area contributed by atoms with Gasteiger partial charge in [0.15, 0.2) is 0 Å². The lowest BCUT2D eigenvalue weighted by atomic mass is 9.90. The maximum atomic E-state index is 6.25. The van der Waals surface area contributed by atoms with Crippen molar-refractivity contribution >= 4 is 11.6 Å². The third kappa shape index (κ3) is 4.29. The Kier molecular flexibility index (Phi) is 6.73. The molecule has 0 aromatic heterocycles. The number of hydrogen-bond acceptors (Lipinski definition) is 1. The summed E-state index contributed by atoms with van der Waals surface area (Å²) in [5.74, 6) is 0.639. The largest absolute Gasteiger partial charge is 0.310 e. The number of rotatable bonds is 7. The SMILES string of the molecule is CCCNC(c1ccc(C)c(Cl)c1)C(C)CCC. The van der Waals surface area contributed by atoms with Crippen molar-refractivity contribution in [1.29, 1.82) is 0 Å². The highest BCUT2D eigenvalue weighted by atomic mass is 35.5. The van der Waals surface area contributed by atoms with Gasteiger partial charge in [-0.2, -0.15) is 0 Å². The van der Waals surface area contributed by atoms with Crippen LogP contribution in [0, 0.1) is 12.8 Å². The van der Waals surface area contributed by atoms with Gasteiger partial charge in [0.25, 0.3) is 0 Å². The van der Waals surface area contributed by atoms with E-state index in [0.29, 0.717) is 12.0 Å². The monoisotopic (exact) mass is 267 g/mol. The molecule has 0 saturated carbocycles. The van der Waals surface area contributed by atoms with Gasteiger partial charge in [0.05, 0.1) is 0 Å². The summed E-state index contributed by atoms with van der Waals surface area (Å²) in [6.45, 7) is 9.89. The summed E-state index contributed by atoms with van der Waals surface area (Å²) in [5.41, 5.74) is 2.47. The fraction of sp³-hybridized carbons (Fsp3) is 0.625. The van der Waals surface area contributed by atoms with Gasteiger partial charge < -0.3 is 5.32 Å². The topological polar surface area (TPSA) is 12.0 Å². The van der Waals surface area contributed by atoms with Gasteiger partial charge in [-0.25, -0.2) is 0 Å². The van der Waals surface area contributed by atoms with E-state index in [1.165, 1.54) is 18.4 Å². The van der Waals surface area contributed by atoms with E-state index in [4.69, 9.17) is 11.6 Å². The molecule has 0 aliphatic heterocycles.